The van der Waals surface area contributed by atoms with Gasteiger partial charge in [-0.25, -0.2) is 0 Å². The summed E-state index contributed by atoms with van der Waals surface area (Å²) in [7, 11) is 0. The maximum Gasteiger partial charge on any atom is 0.435 e. The summed E-state index contributed by atoms with van der Waals surface area (Å²) in [6.45, 7) is 5.95. The van der Waals surface area contributed by atoms with Crippen LogP contribution < -0.4 is 5.32 Å². The predicted molar refractivity (Wildman–Crippen MR) is 88.6 cm³/mol. The number of hydrogen-bond donors (Lipinski definition) is 1. The number of fused-ring (bicyclic) bond motifs is 1. The minimum Gasteiger partial charge on any atom is -0.350 e. The predicted octanol–water partition coefficient (Wildman–Crippen LogP) is 2.41. The Kier molecular flexibility index (Phi) is 4.81. The molecule has 2 aromatic rings. The van der Waals surface area contributed by atoms with Gasteiger partial charge in [-0.15, -0.1) is 0 Å². The molecule has 1 aliphatic rings. The summed E-state index contributed by atoms with van der Waals surface area (Å²) in [6.07, 6.45) is -2.95. The van der Waals surface area contributed by atoms with Gasteiger partial charge in [0.1, 0.15) is 6.54 Å². The van der Waals surface area contributed by atoms with E-state index in [2.05, 4.69) is 15.5 Å². The molecule has 0 saturated carbocycles. The van der Waals surface area contributed by atoms with E-state index >= 15 is 0 Å². The van der Waals surface area contributed by atoms with Gasteiger partial charge in [0.2, 0.25) is 5.91 Å². The number of rotatable bonds is 5. The van der Waals surface area contributed by atoms with Crippen LogP contribution in [0, 0.1) is 13.8 Å². The van der Waals surface area contributed by atoms with E-state index in [-0.39, 0.29) is 24.1 Å². The molecule has 0 radical (unpaired) electrons. The average Bonchev–Trinajstić information content (AvgIpc) is 3.16. The van der Waals surface area contributed by atoms with Crippen LogP contribution in [-0.2, 0) is 36.9 Å². The van der Waals surface area contributed by atoms with Crippen LogP contribution in [0.2, 0.25) is 0 Å². The van der Waals surface area contributed by atoms with Crippen LogP contribution in [-0.4, -0.2) is 31.5 Å². The van der Waals surface area contributed by atoms with Crippen LogP contribution in [0.4, 0.5) is 13.2 Å². The third kappa shape index (κ3) is 3.76. The van der Waals surface area contributed by atoms with E-state index in [4.69, 9.17) is 0 Å². The summed E-state index contributed by atoms with van der Waals surface area (Å²) in [5, 5.41) is 10.8. The smallest absolute Gasteiger partial charge is 0.350 e. The Morgan fingerprint density at radius 2 is 2.00 bits per heavy atom. The van der Waals surface area contributed by atoms with Crippen molar-refractivity contribution in [2.45, 2.75) is 65.3 Å². The minimum atomic E-state index is -4.49. The molecule has 1 aliphatic carbocycles. The van der Waals surface area contributed by atoms with Crippen molar-refractivity contribution in [3.63, 3.8) is 0 Å². The number of carbonyl (C=O) groups is 1. The SMILES string of the molecule is Cc1cc(C)n(CC(C)NC(=O)Cn2nc(C(F)(F)F)c3c2CCC3)n1. The van der Waals surface area contributed by atoms with Crippen LogP contribution in [0.25, 0.3) is 0 Å². The largest absolute Gasteiger partial charge is 0.435 e. The molecule has 2 aromatic heterocycles. The second-order valence-corrected chi connectivity index (χ2v) is 6.86. The minimum absolute atomic E-state index is 0.203. The highest BCUT2D eigenvalue weighted by Crippen LogP contribution is 2.36. The first kappa shape index (κ1) is 18.5. The van der Waals surface area contributed by atoms with Crippen molar-refractivity contribution in [2.24, 2.45) is 0 Å². The van der Waals surface area contributed by atoms with Gasteiger partial charge in [-0.3, -0.25) is 14.2 Å². The zero-order valence-corrected chi connectivity index (χ0v) is 15.0. The topological polar surface area (TPSA) is 64.7 Å². The van der Waals surface area contributed by atoms with Gasteiger partial charge in [-0.1, -0.05) is 0 Å². The lowest BCUT2D eigenvalue weighted by Crippen LogP contribution is -2.38. The van der Waals surface area contributed by atoms with Crippen molar-refractivity contribution in [1.82, 2.24) is 24.9 Å². The summed E-state index contributed by atoms with van der Waals surface area (Å²) < 4.78 is 42.3. The monoisotopic (exact) mass is 369 g/mol. The van der Waals surface area contributed by atoms with Crippen LogP contribution in [0.1, 0.15) is 41.7 Å². The fourth-order valence-corrected chi connectivity index (χ4v) is 3.49. The number of nitrogens with one attached hydrogen (secondary N) is 1. The maximum absolute atomic E-state index is 13.1. The van der Waals surface area contributed by atoms with Crippen LogP contribution >= 0.6 is 0 Å². The molecule has 1 N–H and O–H groups in total. The van der Waals surface area contributed by atoms with Crippen molar-refractivity contribution < 1.29 is 18.0 Å². The summed E-state index contributed by atoms with van der Waals surface area (Å²) in [4.78, 5) is 12.3. The molecule has 0 spiro atoms. The molecule has 0 bridgehead atoms. The quantitative estimate of drug-likeness (QED) is 0.880. The number of nitrogens with zero attached hydrogens (tertiary/aromatic N) is 4. The molecule has 0 saturated heterocycles. The zero-order chi connectivity index (χ0) is 19.1. The fraction of sp³-hybridized carbons (Fsp3) is 0.588. The van der Waals surface area contributed by atoms with E-state index in [1.165, 1.54) is 4.68 Å². The van der Waals surface area contributed by atoms with Crippen molar-refractivity contribution in [3.8, 4) is 0 Å². The van der Waals surface area contributed by atoms with Crippen molar-refractivity contribution >= 4 is 5.91 Å². The molecule has 0 aliphatic heterocycles. The molecule has 9 heteroatoms. The second kappa shape index (κ2) is 6.77. The Bertz CT molecular complexity index is 821. The lowest BCUT2D eigenvalue weighted by atomic mass is 10.2. The third-order valence-electron chi connectivity index (χ3n) is 4.53. The van der Waals surface area contributed by atoms with E-state index in [9.17, 15) is 18.0 Å². The molecule has 1 atom stereocenters. The van der Waals surface area contributed by atoms with E-state index in [0.29, 0.717) is 31.5 Å². The molecular weight excluding hydrogens is 347 g/mol. The number of aryl methyl sites for hydroxylation is 2. The number of aromatic nitrogens is 4. The Morgan fingerprint density at radius 3 is 2.62 bits per heavy atom. The van der Waals surface area contributed by atoms with Gasteiger partial charge in [-0.2, -0.15) is 23.4 Å². The molecule has 1 unspecified atom stereocenters. The molecule has 6 nitrogen and oxygen atoms in total. The highest BCUT2D eigenvalue weighted by Gasteiger charge is 2.40. The summed E-state index contributed by atoms with van der Waals surface area (Å²) in [5.41, 5.74) is 1.80. The molecule has 3 rings (SSSR count). The first-order chi connectivity index (χ1) is 12.1. The van der Waals surface area contributed by atoms with Crippen molar-refractivity contribution in [1.29, 1.82) is 0 Å². The molecule has 0 aromatic carbocycles. The number of alkyl halides is 3. The standard InChI is InChI=1S/C17H22F3N5O/c1-10-7-12(3)24(22-10)8-11(2)21-15(26)9-25-14-6-4-5-13(14)16(23-25)17(18,19)20/h7,11H,4-6,8-9H2,1-3H3,(H,21,26). The Hall–Kier alpha value is -2.32. The van der Waals surface area contributed by atoms with Gasteiger partial charge in [0.15, 0.2) is 5.69 Å². The van der Waals surface area contributed by atoms with Gasteiger partial charge in [0.05, 0.1) is 12.2 Å². The first-order valence-electron chi connectivity index (χ1n) is 8.61. The van der Waals surface area contributed by atoms with Crippen LogP contribution in [0.3, 0.4) is 0 Å². The second-order valence-electron chi connectivity index (χ2n) is 6.86. The molecule has 26 heavy (non-hydrogen) atoms. The summed E-state index contributed by atoms with van der Waals surface area (Å²) in [5.74, 6) is -0.357. The van der Waals surface area contributed by atoms with E-state index in [1.807, 2.05) is 26.8 Å². The summed E-state index contributed by atoms with van der Waals surface area (Å²) >= 11 is 0. The van der Waals surface area contributed by atoms with Crippen LogP contribution in [0.5, 0.6) is 0 Å². The van der Waals surface area contributed by atoms with E-state index in [0.717, 1.165) is 11.4 Å². The lowest BCUT2D eigenvalue weighted by molar-refractivity contribution is -0.142. The van der Waals surface area contributed by atoms with Gasteiger partial charge in [0.25, 0.3) is 0 Å². The van der Waals surface area contributed by atoms with Gasteiger partial charge >= 0.3 is 6.18 Å². The molecule has 142 valence electrons. The number of amides is 1. The molecular formula is C17H22F3N5O. The first-order valence-corrected chi connectivity index (χ1v) is 8.61. The fourth-order valence-electron chi connectivity index (χ4n) is 3.49. The lowest BCUT2D eigenvalue weighted by Gasteiger charge is -2.15. The number of halogens is 3. The van der Waals surface area contributed by atoms with E-state index < -0.39 is 11.9 Å². The molecule has 2 heterocycles. The van der Waals surface area contributed by atoms with Crippen LogP contribution in [0.15, 0.2) is 6.07 Å². The average molecular weight is 369 g/mol. The molecule has 0 fully saturated rings. The zero-order valence-electron chi connectivity index (χ0n) is 15.0. The number of carbonyl (C=O) groups excluding carboxylic acids is 1. The third-order valence-corrected chi connectivity index (χ3v) is 4.53. The van der Waals surface area contributed by atoms with Gasteiger partial charge < -0.3 is 5.32 Å². The normalized spacial score (nSPS) is 15.2. The van der Waals surface area contributed by atoms with Gasteiger partial charge in [0, 0.05) is 23.0 Å². The highest BCUT2D eigenvalue weighted by atomic mass is 19.4. The number of hydrogen-bond acceptors (Lipinski definition) is 3. The highest BCUT2D eigenvalue weighted by molar-refractivity contribution is 5.76. The Labute approximate surface area is 149 Å². The van der Waals surface area contributed by atoms with Crippen molar-refractivity contribution in [3.05, 3.63) is 34.4 Å². The van der Waals surface area contributed by atoms with Crippen molar-refractivity contribution in [2.75, 3.05) is 0 Å². The van der Waals surface area contributed by atoms with E-state index in [1.54, 1.807) is 4.68 Å². The summed E-state index contributed by atoms with van der Waals surface area (Å²) in [6, 6.07) is 1.74. The Morgan fingerprint density at radius 1 is 1.27 bits per heavy atom. The Balaban J connectivity index is 1.66. The maximum atomic E-state index is 13.1. The molecule has 1 amide bonds. The van der Waals surface area contributed by atoms with Gasteiger partial charge in [-0.05, 0) is 46.1 Å².